The predicted molar refractivity (Wildman–Crippen MR) is 111 cm³/mol. The van der Waals surface area contributed by atoms with Crippen molar-refractivity contribution in [2.45, 2.75) is 77.7 Å². The topological polar surface area (TPSA) is 74.6 Å². The molecule has 0 heterocycles. The lowest BCUT2D eigenvalue weighted by Gasteiger charge is -2.36. The van der Waals surface area contributed by atoms with Crippen LogP contribution in [0.4, 0.5) is 0 Å². The third kappa shape index (κ3) is 10.8. The van der Waals surface area contributed by atoms with E-state index in [-0.39, 0.29) is 5.91 Å². The largest absolute Gasteiger partial charge is 0.355 e. The van der Waals surface area contributed by atoms with Crippen molar-refractivity contribution >= 4 is 30.4 Å². The zero-order chi connectivity index (χ0) is 20.3. The Bertz CT molecular complexity index is 442. The molecule has 26 heavy (non-hydrogen) atoms. The van der Waals surface area contributed by atoms with Crippen LogP contribution in [0.25, 0.3) is 0 Å². The minimum absolute atomic E-state index is 0.0153. The van der Waals surface area contributed by atoms with Crippen LogP contribution in [0.3, 0.4) is 0 Å². The Morgan fingerprint density at radius 2 is 1.81 bits per heavy atom. The maximum Gasteiger partial charge on any atom is 0.259 e. The van der Waals surface area contributed by atoms with Gasteiger partial charge in [-0.15, -0.1) is 0 Å². The van der Waals surface area contributed by atoms with E-state index in [0.717, 1.165) is 6.42 Å². The highest BCUT2D eigenvalue weighted by Gasteiger charge is 2.28. The molecule has 1 N–H and O–H groups in total. The fraction of sp³-hybridized carbons (Fsp3) is 0.889. The molecule has 0 aliphatic carbocycles. The zero-order valence-electron chi connectivity index (χ0n) is 17.2. The second-order valence-corrected chi connectivity index (χ2v) is 10.9. The Morgan fingerprint density at radius 3 is 2.27 bits per heavy atom. The van der Waals surface area contributed by atoms with E-state index in [4.69, 9.17) is 14.3 Å². The predicted octanol–water partition coefficient (Wildman–Crippen LogP) is 4.59. The van der Waals surface area contributed by atoms with Gasteiger partial charge in [0.05, 0.1) is 30.0 Å². The number of carbonyl (C=O) groups excluding carboxylic acids is 1. The summed E-state index contributed by atoms with van der Waals surface area (Å²) in [6.07, 6.45) is 1.19. The molecule has 0 aliphatic rings. The van der Waals surface area contributed by atoms with Crippen LogP contribution < -0.4 is 5.32 Å². The Morgan fingerprint density at radius 1 is 1.23 bits per heavy atom. The molecule has 152 valence electrons. The van der Waals surface area contributed by atoms with Gasteiger partial charge in [0.2, 0.25) is 5.91 Å². The Labute approximate surface area is 169 Å². The molecule has 0 radical (unpaired) electrons. The second-order valence-electron chi connectivity index (χ2n) is 7.46. The molecule has 0 saturated carbocycles. The van der Waals surface area contributed by atoms with Gasteiger partial charge in [-0.25, -0.2) is 4.67 Å². The van der Waals surface area contributed by atoms with E-state index in [1.54, 1.807) is 0 Å². The van der Waals surface area contributed by atoms with E-state index < -0.39 is 12.9 Å². The molecule has 0 aromatic heterocycles. The summed E-state index contributed by atoms with van der Waals surface area (Å²) in [5, 5.41) is 11.7. The summed E-state index contributed by atoms with van der Waals surface area (Å²) in [6, 6.07) is 2.68. The molecule has 2 atom stereocenters. The smallest absolute Gasteiger partial charge is 0.259 e. The first kappa shape index (κ1) is 25.8. The summed E-state index contributed by atoms with van der Waals surface area (Å²) in [4.78, 5) is 11.9. The summed E-state index contributed by atoms with van der Waals surface area (Å²) in [5.41, 5.74) is 0. The fourth-order valence-corrected chi connectivity index (χ4v) is 4.10. The van der Waals surface area contributed by atoms with Gasteiger partial charge < -0.3 is 14.4 Å². The van der Waals surface area contributed by atoms with Crippen molar-refractivity contribution in [3.05, 3.63) is 0 Å². The molecule has 0 aliphatic heterocycles. The van der Waals surface area contributed by atoms with Gasteiger partial charge in [0.15, 0.2) is 0 Å². The number of carbonyl (C=O) groups is 1. The van der Waals surface area contributed by atoms with Crippen molar-refractivity contribution in [2.75, 3.05) is 19.8 Å². The van der Waals surface area contributed by atoms with E-state index in [9.17, 15) is 4.79 Å². The number of nitriles is 1. The van der Waals surface area contributed by atoms with Gasteiger partial charge in [0.25, 0.3) is 8.53 Å². The van der Waals surface area contributed by atoms with Crippen molar-refractivity contribution in [3.63, 3.8) is 0 Å². The van der Waals surface area contributed by atoms with Gasteiger partial charge in [-0.1, -0.05) is 22.9 Å². The molecule has 6 nitrogen and oxygen atoms in total. The van der Waals surface area contributed by atoms with E-state index in [1.165, 1.54) is 0 Å². The average Bonchev–Trinajstić information content (AvgIpc) is 2.50. The van der Waals surface area contributed by atoms with E-state index >= 15 is 0 Å². The molecule has 0 rings (SSSR count). The first-order chi connectivity index (χ1) is 12.0. The lowest BCUT2D eigenvalue weighted by molar-refractivity contribution is -0.122. The molecule has 0 fully saturated rings. The third-order valence-electron chi connectivity index (χ3n) is 3.59. The van der Waals surface area contributed by atoms with Crippen molar-refractivity contribution < 1.29 is 13.8 Å². The number of nitrogens with one attached hydrogen (secondary N) is 1. The van der Waals surface area contributed by atoms with Crippen LogP contribution >= 0.6 is 24.5 Å². The fourth-order valence-electron chi connectivity index (χ4n) is 2.23. The maximum atomic E-state index is 11.9. The molecule has 0 saturated heterocycles. The molecular formula is C18H35BrN3O3P. The lowest BCUT2D eigenvalue weighted by Crippen LogP contribution is -2.38. The number of nitrogens with zero attached hydrogens (tertiary/aromatic N) is 2. The van der Waals surface area contributed by atoms with Crippen LogP contribution in [0.1, 0.15) is 61.3 Å². The standard InChI is InChI=1S/C18H35BrN3O3P/c1-14(2)22(15(3)4)26(24-12-8-10-20)25-13-16(5)9-11-21-17(23)18(6,7)19/h14-16H,8-9,11-13H2,1-7H3,(H,21,23). The Balaban J connectivity index is 4.53. The lowest BCUT2D eigenvalue weighted by atomic mass is 10.1. The molecule has 0 spiro atoms. The van der Waals surface area contributed by atoms with Crippen LogP contribution in [-0.2, 0) is 13.8 Å². The minimum Gasteiger partial charge on any atom is -0.355 e. The zero-order valence-corrected chi connectivity index (χ0v) is 19.7. The third-order valence-corrected chi connectivity index (χ3v) is 6.03. The van der Waals surface area contributed by atoms with Crippen LogP contribution in [0.5, 0.6) is 0 Å². The Hall–Kier alpha value is -0.250. The first-order valence-electron chi connectivity index (χ1n) is 9.19. The van der Waals surface area contributed by atoms with Crippen molar-refractivity contribution in [1.29, 1.82) is 5.26 Å². The Kier molecular flexibility index (Phi) is 12.9. The van der Waals surface area contributed by atoms with Gasteiger partial charge in [0.1, 0.15) is 0 Å². The van der Waals surface area contributed by atoms with Gasteiger partial charge in [-0.05, 0) is 53.9 Å². The SMILES string of the molecule is CC(CCNC(=O)C(C)(C)Br)COP(OCCC#N)N(C(C)C)C(C)C. The highest BCUT2D eigenvalue weighted by atomic mass is 79.9. The monoisotopic (exact) mass is 451 g/mol. The second kappa shape index (κ2) is 13.0. The van der Waals surface area contributed by atoms with Gasteiger partial charge in [-0.2, -0.15) is 5.26 Å². The number of amides is 1. The highest BCUT2D eigenvalue weighted by Crippen LogP contribution is 2.46. The summed E-state index contributed by atoms with van der Waals surface area (Å²) >= 11 is 3.35. The van der Waals surface area contributed by atoms with Crippen molar-refractivity contribution in [2.24, 2.45) is 5.92 Å². The summed E-state index contributed by atoms with van der Waals surface area (Å²) in [6.45, 7) is 15.8. The number of hydrogen-bond donors (Lipinski definition) is 1. The van der Waals surface area contributed by atoms with E-state index in [2.05, 4.69) is 66.6 Å². The minimum atomic E-state index is -1.21. The summed E-state index contributed by atoms with van der Waals surface area (Å²) < 4.78 is 13.6. The van der Waals surface area contributed by atoms with Crippen LogP contribution in [-0.4, -0.2) is 46.7 Å². The molecular weight excluding hydrogens is 417 g/mol. The number of rotatable bonds is 13. The number of alkyl halides is 1. The van der Waals surface area contributed by atoms with Crippen molar-refractivity contribution in [3.8, 4) is 6.07 Å². The normalized spacial score (nSPS) is 14.5. The molecule has 0 bridgehead atoms. The summed E-state index contributed by atoms with van der Waals surface area (Å²) in [5.74, 6) is 0.276. The number of halogens is 1. The molecule has 0 aromatic carbocycles. The average molecular weight is 452 g/mol. The van der Waals surface area contributed by atoms with E-state index in [1.807, 2.05) is 13.8 Å². The molecule has 0 aromatic rings. The van der Waals surface area contributed by atoms with Gasteiger partial charge in [0, 0.05) is 18.6 Å². The quantitative estimate of drug-likeness (QED) is 0.251. The molecule has 8 heteroatoms. The van der Waals surface area contributed by atoms with Crippen LogP contribution in [0, 0.1) is 17.2 Å². The van der Waals surface area contributed by atoms with Crippen molar-refractivity contribution in [1.82, 2.24) is 9.99 Å². The van der Waals surface area contributed by atoms with Crippen LogP contribution in [0.15, 0.2) is 0 Å². The van der Waals surface area contributed by atoms with Crippen LogP contribution in [0.2, 0.25) is 0 Å². The highest BCUT2D eigenvalue weighted by molar-refractivity contribution is 9.10. The van der Waals surface area contributed by atoms with Gasteiger partial charge >= 0.3 is 0 Å². The first-order valence-corrected chi connectivity index (χ1v) is 11.1. The molecule has 2 unspecified atom stereocenters. The maximum absolute atomic E-state index is 11.9. The summed E-state index contributed by atoms with van der Waals surface area (Å²) in [7, 11) is -1.21. The number of hydrogen-bond acceptors (Lipinski definition) is 5. The molecule has 1 amide bonds. The van der Waals surface area contributed by atoms with E-state index in [0.29, 0.717) is 44.2 Å². The van der Waals surface area contributed by atoms with Gasteiger partial charge in [-0.3, -0.25) is 4.79 Å².